The number of hydrogen-bond acceptors (Lipinski definition) is 2. The Balaban J connectivity index is 1.97. The molecule has 0 amide bonds. The summed E-state index contributed by atoms with van der Waals surface area (Å²) in [6.07, 6.45) is 1.20. The van der Waals surface area contributed by atoms with Crippen molar-refractivity contribution >= 4 is 0 Å². The van der Waals surface area contributed by atoms with Crippen molar-refractivity contribution in [2.45, 2.75) is 12.5 Å². The zero-order valence-electron chi connectivity index (χ0n) is 4.84. The maximum atomic E-state index is 5.69. The first-order valence-electron chi connectivity index (χ1n) is 3.23. The largest absolute Gasteiger partial charge is 0.381 e. The molecule has 0 aromatic heterocycles. The predicted octanol–water partition coefficient (Wildman–Crippen LogP) is -0.0200. The molecule has 1 heterocycles. The summed E-state index contributed by atoms with van der Waals surface area (Å²) >= 11 is 0. The van der Waals surface area contributed by atoms with E-state index in [4.69, 9.17) is 10.5 Å². The minimum Gasteiger partial charge on any atom is -0.381 e. The second kappa shape index (κ2) is 1.45. The van der Waals surface area contributed by atoms with Gasteiger partial charge in [0, 0.05) is 18.6 Å². The molecule has 0 aromatic carbocycles. The van der Waals surface area contributed by atoms with Gasteiger partial charge in [-0.3, -0.25) is 0 Å². The van der Waals surface area contributed by atoms with Crippen LogP contribution in [0.1, 0.15) is 6.42 Å². The Morgan fingerprint density at radius 1 is 1.38 bits per heavy atom. The first kappa shape index (κ1) is 4.77. The highest BCUT2D eigenvalue weighted by Crippen LogP contribution is 2.42. The fraction of sp³-hybridized carbons (Fsp3) is 1.00. The van der Waals surface area contributed by atoms with Crippen LogP contribution < -0.4 is 5.73 Å². The van der Waals surface area contributed by atoms with Gasteiger partial charge in [0.15, 0.2) is 0 Å². The first-order valence-corrected chi connectivity index (χ1v) is 3.23. The van der Waals surface area contributed by atoms with Gasteiger partial charge in [-0.15, -0.1) is 0 Å². The monoisotopic (exact) mass is 113 g/mol. The smallest absolute Gasteiger partial charge is 0.0512 e. The highest BCUT2D eigenvalue weighted by molar-refractivity contribution is 5.02. The molecular formula is C6H11NO. The molecule has 3 atom stereocenters. The van der Waals surface area contributed by atoms with Gasteiger partial charge < -0.3 is 10.5 Å². The normalized spacial score (nSPS) is 52.9. The van der Waals surface area contributed by atoms with Crippen molar-refractivity contribution in [3.8, 4) is 0 Å². The van der Waals surface area contributed by atoms with E-state index in [1.807, 2.05) is 0 Å². The summed E-state index contributed by atoms with van der Waals surface area (Å²) in [7, 11) is 0. The van der Waals surface area contributed by atoms with E-state index < -0.39 is 0 Å². The van der Waals surface area contributed by atoms with Crippen LogP contribution in [0.25, 0.3) is 0 Å². The van der Waals surface area contributed by atoms with E-state index in [9.17, 15) is 0 Å². The number of fused-ring (bicyclic) bond motifs is 1. The third kappa shape index (κ3) is 0.501. The van der Waals surface area contributed by atoms with Crippen molar-refractivity contribution in [1.29, 1.82) is 0 Å². The minimum atomic E-state index is 0.484. The van der Waals surface area contributed by atoms with E-state index in [-0.39, 0.29) is 0 Å². The van der Waals surface area contributed by atoms with Crippen molar-refractivity contribution < 1.29 is 4.74 Å². The topological polar surface area (TPSA) is 35.2 Å². The molecule has 2 nitrogen and oxygen atoms in total. The van der Waals surface area contributed by atoms with Crippen LogP contribution >= 0.6 is 0 Å². The molecule has 0 radical (unpaired) electrons. The van der Waals surface area contributed by atoms with Crippen LogP contribution in [0.4, 0.5) is 0 Å². The summed E-state index contributed by atoms with van der Waals surface area (Å²) in [5.41, 5.74) is 5.69. The second-order valence-corrected chi connectivity index (χ2v) is 2.77. The molecule has 46 valence electrons. The van der Waals surface area contributed by atoms with Crippen LogP contribution in [0, 0.1) is 11.8 Å². The van der Waals surface area contributed by atoms with Crippen LogP contribution in [-0.2, 0) is 4.74 Å². The Kier molecular flexibility index (Phi) is 0.866. The molecular weight excluding hydrogens is 102 g/mol. The molecule has 1 saturated heterocycles. The second-order valence-electron chi connectivity index (χ2n) is 2.77. The van der Waals surface area contributed by atoms with Crippen molar-refractivity contribution in [3.63, 3.8) is 0 Å². The van der Waals surface area contributed by atoms with Crippen LogP contribution in [0.3, 0.4) is 0 Å². The maximum absolute atomic E-state index is 5.69. The lowest BCUT2D eigenvalue weighted by atomic mass is 10.2. The number of hydrogen-bond donors (Lipinski definition) is 1. The Morgan fingerprint density at radius 3 is 2.75 bits per heavy atom. The summed E-state index contributed by atoms with van der Waals surface area (Å²) < 4.78 is 5.21. The number of rotatable bonds is 0. The van der Waals surface area contributed by atoms with Crippen molar-refractivity contribution in [2.24, 2.45) is 17.6 Å². The van der Waals surface area contributed by atoms with Gasteiger partial charge in [-0.25, -0.2) is 0 Å². The lowest BCUT2D eigenvalue weighted by Gasteiger charge is -2.06. The van der Waals surface area contributed by atoms with Gasteiger partial charge >= 0.3 is 0 Å². The van der Waals surface area contributed by atoms with Gasteiger partial charge in [0.25, 0.3) is 0 Å². The lowest BCUT2D eigenvalue weighted by molar-refractivity contribution is 0.0888. The Bertz CT molecular complexity index is 92.7. The standard InChI is InChI=1S/C6H11NO/c7-6-4-1-2-8-3-5(4)6/h4-6H,1-3,7H2/t4-,5-,6+/m0/s1. The molecule has 2 heteroatoms. The van der Waals surface area contributed by atoms with E-state index in [0.29, 0.717) is 6.04 Å². The highest BCUT2D eigenvalue weighted by atomic mass is 16.5. The molecule has 1 aliphatic carbocycles. The summed E-state index contributed by atoms with van der Waals surface area (Å²) in [4.78, 5) is 0. The lowest BCUT2D eigenvalue weighted by Crippen LogP contribution is -2.07. The van der Waals surface area contributed by atoms with Crippen molar-refractivity contribution in [3.05, 3.63) is 0 Å². The number of nitrogens with two attached hydrogens (primary N) is 1. The molecule has 2 N–H and O–H groups in total. The van der Waals surface area contributed by atoms with Gasteiger partial charge in [-0.05, 0) is 12.3 Å². The van der Waals surface area contributed by atoms with Gasteiger partial charge in [0.2, 0.25) is 0 Å². The van der Waals surface area contributed by atoms with E-state index in [2.05, 4.69) is 0 Å². The van der Waals surface area contributed by atoms with Crippen LogP contribution in [-0.4, -0.2) is 19.3 Å². The molecule has 2 aliphatic rings. The number of ether oxygens (including phenoxy) is 1. The molecule has 0 unspecified atom stereocenters. The minimum absolute atomic E-state index is 0.484. The Labute approximate surface area is 49.0 Å². The van der Waals surface area contributed by atoms with Gasteiger partial charge in [-0.1, -0.05) is 0 Å². The van der Waals surface area contributed by atoms with Crippen LogP contribution in [0.2, 0.25) is 0 Å². The molecule has 1 saturated carbocycles. The third-order valence-electron chi connectivity index (χ3n) is 2.30. The zero-order chi connectivity index (χ0) is 5.56. The fourth-order valence-corrected chi connectivity index (χ4v) is 1.55. The molecule has 0 spiro atoms. The molecule has 0 aromatic rings. The fourth-order valence-electron chi connectivity index (χ4n) is 1.55. The van der Waals surface area contributed by atoms with E-state index in [0.717, 1.165) is 25.0 Å². The average Bonchev–Trinajstić information content (AvgIpc) is 2.46. The van der Waals surface area contributed by atoms with E-state index in [1.54, 1.807) is 0 Å². The van der Waals surface area contributed by atoms with Crippen molar-refractivity contribution in [1.82, 2.24) is 0 Å². The SMILES string of the molecule is N[C@@H]1[C@H]2CCOC[C@H]12. The van der Waals surface area contributed by atoms with Crippen LogP contribution in [0.5, 0.6) is 0 Å². The summed E-state index contributed by atoms with van der Waals surface area (Å²) in [5, 5.41) is 0. The van der Waals surface area contributed by atoms with E-state index >= 15 is 0 Å². The summed E-state index contributed by atoms with van der Waals surface area (Å²) in [6, 6.07) is 0.484. The Morgan fingerprint density at radius 2 is 2.25 bits per heavy atom. The molecule has 1 aliphatic heterocycles. The summed E-state index contributed by atoms with van der Waals surface area (Å²) in [6.45, 7) is 1.86. The van der Waals surface area contributed by atoms with Gasteiger partial charge in [-0.2, -0.15) is 0 Å². The Hall–Kier alpha value is -0.0800. The zero-order valence-corrected chi connectivity index (χ0v) is 4.84. The highest BCUT2D eigenvalue weighted by Gasteiger charge is 2.48. The third-order valence-corrected chi connectivity index (χ3v) is 2.30. The van der Waals surface area contributed by atoms with Gasteiger partial charge in [0.05, 0.1) is 6.61 Å². The molecule has 2 fully saturated rings. The van der Waals surface area contributed by atoms with Crippen LogP contribution in [0.15, 0.2) is 0 Å². The summed E-state index contributed by atoms with van der Waals surface area (Å²) in [5.74, 6) is 1.55. The van der Waals surface area contributed by atoms with Crippen molar-refractivity contribution in [2.75, 3.05) is 13.2 Å². The average molecular weight is 113 g/mol. The van der Waals surface area contributed by atoms with E-state index in [1.165, 1.54) is 6.42 Å². The van der Waals surface area contributed by atoms with Gasteiger partial charge in [0.1, 0.15) is 0 Å². The molecule has 0 bridgehead atoms. The first-order chi connectivity index (χ1) is 3.89. The molecule has 2 rings (SSSR count). The molecule has 8 heavy (non-hydrogen) atoms. The maximum Gasteiger partial charge on any atom is 0.0512 e. The quantitative estimate of drug-likeness (QED) is 0.479. The predicted molar refractivity (Wildman–Crippen MR) is 30.4 cm³/mol.